The largest absolute Gasteiger partial charge is 0.464 e. The van der Waals surface area contributed by atoms with E-state index in [0.717, 1.165) is 5.01 Å². The van der Waals surface area contributed by atoms with E-state index in [2.05, 4.69) is 5.10 Å². The van der Waals surface area contributed by atoms with Crippen LogP contribution in [0.1, 0.15) is 5.56 Å². The summed E-state index contributed by atoms with van der Waals surface area (Å²) in [5.74, 6) is 0. The predicted molar refractivity (Wildman–Crippen MR) is 59.8 cm³/mol. The van der Waals surface area contributed by atoms with Gasteiger partial charge in [-0.1, -0.05) is 29.3 Å². The molecule has 0 aliphatic heterocycles. The Balaban J connectivity index is 2.81. The lowest BCUT2D eigenvalue weighted by atomic mass is 10.2. The zero-order valence-corrected chi connectivity index (χ0v) is 9.33. The van der Waals surface area contributed by atoms with E-state index >= 15 is 0 Å². The van der Waals surface area contributed by atoms with Gasteiger partial charge >= 0.3 is 6.09 Å². The van der Waals surface area contributed by atoms with Gasteiger partial charge in [-0.25, -0.2) is 9.80 Å². The van der Waals surface area contributed by atoms with Crippen LogP contribution in [0.25, 0.3) is 0 Å². The number of benzene rings is 1. The van der Waals surface area contributed by atoms with Gasteiger partial charge in [0.25, 0.3) is 0 Å². The van der Waals surface area contributed by atoms with Crippen LogP contribution in [-0.2, 0) is 0 Å². The minimum Gasteiger partial charge on any atom is -0.464 e. The fourth-order valence-corrected chi connectivity index (χ4v) is 1.10. The molecule has 0 unspecified atom stereocenters. The Hall–Kier alpha value is -1.26. The molecule has 0 bridgehead atoms. The van der Waals surface area contributed by atoms with Crippen molar-refractivity contribution in [3.05, 3.63) is 33.8 Å². The monoisotopic (exact) mass is 246 g/mol. The highest BCUT2D eigenvalue weighted by Crippen LogP contribution is 2.21. The second kappa shape index (κ2) is 5.00. The number of hydrogen-bond acceptors (Lipinski definition) is 2. The lowest BCUT2D eigenvalue weighted by Gasteiger charge is -2.04. The van der Waals surface area contributed by atoms with E-state index in [1.807, 2.05) is 0 Å². The summed E-state index contributed by atoms with van der Waals surface area (Å²) in [4.78, 5) is 10.4. The van der Waals surface area contributed by atoms with Crippen molar-refractivity contribution in [1.29, 1.82) is 0 Å². The van der Waals surface area contributed by atoms with Crippen LogP contribution in [0.5, 0.6) is 0 Å². The minimum absolute atomic E-state index is 0.401. The first-order valence-electron chi connectivity index (χ1n) is 3.96. The normalized spacial score (nSPS) is 10.6. The fourth-order valence-electron chi connectivity index (χ4n) is 0.795. The van der Waals surface area contributed by atoms with Crippen LogP contribution in [0.4, 0.5) is 4.79 Å². The quantitative estimate of drug-likeness (QED) is 0.645. The zero-order chi connectivity index (χ0) is 11.4. The molecule has 0 saturated carbocycles. The van der Waals surface area contributed by atoms with E-state index in [-0.39, 0.29) is 0 Å². The van der Waals surface area contributed by atoms with Gasteiger partial charge < -0.3 is 5.11 Å². The Morgan fingerprint density at radius 1 is 1.47 bits per heavy atom. The molecule has 1 aromatic rings. The maximum absolute atomic E-state index is 10.4. The van der Waals surface area contributed by atoms with E-state index < -0.39 is 6.09 Å². The minimum atomic E-state index is -1.13. The number of halogens is 2. The van der Waals surface area contributed by atoms with Gasteiger partial charge in [-0.15, -0.1) is 0 Å². The molecule has 1 rings (SSSR count). The van der Waals surface area contributed by atoms with Crippen molar-refractivity contribution < 1.29 is 9.90 Å². The van der Waals surface area contributed by atoms with Gasteiger partial charge in [0.15, 0.2) is 0 Å². The summed E-state index contributed by atoms with van der Waals surface area (Å²) in [5.41, 5.74) is 0.678. The van der Waals surface area contributed by atoms with Gasteiger partial charge in [0, 0.05) is 7.05 Å². The number of nitrogens with zero attached hydrogens (tertiary/aromatic N) is 2. The summed E-state index contributed by atoms with van der Waals surface area (Å²) in [6.45, 7) is 0. The van der Waals surface area contributed by atoms with Crippen LogP contribution in [-0.4, -0.2) is 29.5 Å². The second-order valence-corrected chi connectivity index (χ2v) is 3.54. The molecule has 0 saturated heterocycles. The lowest BCUT2D eigenvalue weighted by molar-refractivity contribution is 0.158. The van der Waals surface area contributed by atoms with Crippen LogP contribution < -0.4 is 0 Å². The van der Waals surface area contributed by atoms with Crippen molar-refractivity contribution in [3.63, 3.8) is 0 Å². The zero-order valence-electron chi connectivity index (χ0n) is 7.82. The summed E-state index contributed by atoms with van der Waals surface area (Å²) in [6, 6.07) is 4.91. The van der Waals surface area contributed by atoms with Crippen molar-refractivity contribution in [1.82, 2.24) is 5.01 Å². The lowest BCUT2D eigenvalue weighted by Crippen LogP contribution is -2.18. The first-order chi connectivity index (χ1) is 7.00. The highest BCUT2D eigenvalue weighted by molar-refractivity contribution is 6.42. The molecule has 0 atom stereocenters. The maximum atomic E-state index is 10.4. The summed E-state index contributed by atoms with van der Waals surface area (Å²) < 4.78 is 0. The van der Waals surface area contributed by atoms with Gasteiger partial charge in [0.05, 0.1) is 16.3 Å². The van der Waals surface area contributed by atoms with Gasteiger partial charge in [-0.05, 0) is 17.7 Å². The highest BCUT2D eigenvalue weighted by Gasteiger charge is 2.01. The summed E-state index contributed by atoms with van der Waals surface area (Å²) in [7, 11) is 1.33. The van der Waals surface area contributed by atoms with Gasteiger partial charge in [0.2, 0.25) is 0 Å². The summed E-state index contributed by atoms with van der Waals surface area (Å²) in [5, 5.41) is 13.8. The molecule has 0 radical (unpaired) electrons. The predicted octanol–water partition coefficient (Wildman–Crippen LogP) is 2.94. The Labute approximate surface area is 96.7 Å². The van der Waals surface area contributed by atoms with Crippen LogP contribution in [0.3, 0.4) is 0 Å². The smallest absolute Gasteiger partial charge is 0.427 e. The van der Waals surface area contributed by atoms with Crippen molar-refractivity contribution in [3.8, 4) is 0 Å². The Bertz CT molecular complexity index is 407. The molecule has 1 amide bonds. The van der Waals surface area contributed by atoms with Crippen molar-refractivity contribution in [2.24, 2.45) is 5.10 Å². The number of carbonyl (C=O) groups is 1. The second-order valence-electron chi connectivity index (χ2n) is 2.72. The maximum Gasteiger partial charge on any atom is 0.427 e. The molecule has 15 heavy (non-hydrogen) atoms. The van der Waals surface area contributed by atoms with E-state index in [9.17, 15) is 4.79 Å². The molecule has 1 N–H and O–H groups in total. The molecule has 0 fully saturated rings. The SMILES string of the molecule is CN(N=Cc1ccc(Cl)c(Cl)c1)C(=O)O. The molecule has 1 aromatic carbocycles. The average molecular weight is 247 g/mol. The van der Waals surface area contributed by atoms with Crippen molar-refractivity contribution >= 4 is 35.5 Å². The summed E-state index contributed by atoms with van der Waals surface area (Å²) >= 11 is 11.5. The average Bonchev–Trinajstić information content (AvgIpc) is 2.19. The molecular weight excluding hydrogens is 239 g/mol. The number of hydrazone groups is 1. The summed E-state index contributed by atoms with van der Waals surface area (Å²) in [6.07, 6.45) is 0.252. The van der Waals surface area contributed by atoms with Crippen molar-refractivity contribution in [2.45, 2.75) is 0 Å². The van der Waals surface area contributed by atoms with E-state index in [0.29, 0.717) is 15.6 Å². The van der Waals surface area contributed by atoms with Crippen LogP contribution in [0, 0.1) is 0 Å². The molecule has 0 aliphatic rings. The number of carboxylic acid groups (broad SMARTS) is 1. The first-order valence-corrected chi connectivity index (χ1v) is 4.72. The van der Waals surface area contributed by atoms with Crippen LogP contribution >= 0.6 is 23.2 Å². The number of amides is 1. The third kappa shape index (κ3) is 3.42. The molecule has 0 aliphatic carbocycles. The Kier molecular flexibility index (Phi) is 3.94. The molecule has 0 spiro atoms. The Morgan fingerprint density at radius 3 is 2.67 bits per heavy atom. The topological polar surface area (TPSA) is 52.9 Å². The highest BCUT2D eigenvalue weighted by atomic mass is 35.5. The van der Waals surface area contributed by atoms with Crippen LogP contribution in [0.15, 0.2) is 23.3 Å². The van der Waals surface area contributed by atoms with E-state index in [1.165, 1.54) is 13.3 Å². The molecule has 6 heteroatoms. The van der Waals surface area contributed by atoms with Crippen LogP contribution in [0.2, 0.25) is 10.0 Å². The number of rotatable bonds is 2. The van der Waals surface area contributed by atoms with Crippen molar-refractivity contribution in [2.75, 3.05) is 7.05 Å². The number of hydrogen-bond donors (Lipinski definition) is 1. The molecule has 4 nitrogen and oxygen atoms in total. The third-order valence-corrected chi connectivity index (χ3v) is 2.34. The molecule has 80 valence electrons. The van der Waals surface area contributed by atoms with Gasteiger partial charge in [0.1, 0.15) is 0 Å². The molecule has 0 heterocycles. The van der Waals surface area contributed by atoms with Gasteiger partial charge in [-0.2, -0.15) is 5.10 Å². The standard InChI is InChI=1S/C9H8Cl2N2O2/c1-13(9(14)15)12-5-6-2-3-7(10)8(11)4-6/h2-5H,1H3,(H,14,15). The third-order valence-electron chi connectivity index (χ3n) is 1.60. The first kappa shape index (κ1) is 11.8. The Morgan fingerprint density at radius 2 is 2.13 bits per heavy atom. The molecule has 0 aromatic heterocycles. The fraction of sp³-hybridized carbons (Fsp3) is 0.111. The van der Waals surface area contributed by atoms with Gasteiger partial charge in [-0.3, -0.25) is 0 Å². The van der Waals surface area contributed by atoms with E-state index in [1.54, 1.807) is 18.2 Å². The van der Waals surface area contributed by atoms with E-state index in [4.69, 9.17) is 28.3 Å². The molecular formula is C9H8Cl2N2O2.